The Morgan fingerprint density at radius 2 is 2.05 bits per heavy atom. The number of nitrogens with zero attached hydrogens (tertiary/aromatic N) is 2. The summed E-state index contributed by atoms with van der Waals surface area (Å²) in [7, 11) is 0. The van der Waals surface area contributed by atoms with Crippen LogP contribution in [0.2, 0.25) is 0 Å². The van der Waals surface area contributed by atoms with Gasteiger partial charge < -0.3 is 19.3 Å². The van der Waals surface area contributed by atoms with E-state index in [-0.39, 0.29) is 12.4 Å². The fourth-order valence-corrected chi connectivity index (χ4v) is 3.36. The third kappa shape index (κ3) is 5.01. The number of aryl methyl sites for hydroxylation is 1. The topological polar surface area (TPSA) is 96.2 Å². The Hall–Kier alpha value is -1.05. The van der Waals surface area contributed by atoms with E-state index in [0.717, 1.165) is 0 Å². The first-order valence-corrected chi connectivity index (χ1v) is 9.09. The molecule has 0 amide bonds. The molecular formula is C12H20N3O4PS. The molecule has 1 heterocycles. The van der Waals surface area contributed by atoms with Crippen molar-refractivity contribution in [1.29, 1.82) is 0 Å². The summed E-state index contributed by atoms with van der Waals surface area (Å²) in [6.07, 6.45) is 2.85. The Morgan fingerprint density at radius 3 is 2.57 bits per heavy atom. The van der Waals surface area contributed by atoms with Crippen LogP contribution >= 0.6 is 6.64 Å². The average molecular weight is 333 g/mol. The molecule has 1 aromatic heterocycles. The van der Waals surface area contributed by atoms with E-state index >= 15 is 0 Å². The maximum Gasteiger partial charge on any atom is 0.303 e. The van der Waals surface area contributed by atoms with Crippen LogP contribution in [-0.2, 0) is 27.5 Å². The fraction of sp³-hybridized carbons (Fsp3) is 0.500. The molecule has 0 radical (unpaired) electrons. The van der Waals surface area contributed by atoms with Gasteiger partial charge in [-0.1, -0.05) is 0 Å². The van der Waals surface area contributed by atoms with Crippen LogP contribution in [0.15, 0.2) is 11.3 Å². The van der Waals surface area contributed by atoms with Crippen molar-refractivity contribution in [3.05, 3.63) is 23.0 Å². The molecule has 0 aliphatic carbocycles. The summed E-state index contributed by atoms with van der Waals surface area (Å²) in [6.45, 7) is 3.15. The van der Waals surface area contributed by atoms with Crippen LogP contribution in [0.3, 0.4) is 0 Å². The predicted molar refractivity (Wildman–Crippen MR) is 84.8 cm³/mol. The van der Waals surface area contributed by atoms with Gasteiger partial charge in [0.25, 0.3) is 0 Å². The second-order valence-corrected chi connectivity index (χ2v) is 7.13. The molecule has 0 atom stereocenters. The summed E-state index contributed by atoms with van der Waals surface area (Å²) in [5.41, 5.74) is 1.29. The molecular weight excluding hydrogens is 313 g/mol. The highest BCUT2D eigenvalue weighted by Gasteiger charge is 2.16. The molecule has 118 valence electrons. The molecule has 7 nitrogen and oxygen atoms in total. The van der Waals surface area contributed by atoms with Crippen LogP contribution in [0.5, 0.6) is 5.75 Å². The number of hydrogen-bond donors (Lipinski definition) is 3. The van der Waals surface area contributed by atoms with Crippen LogP contribution in [0.4, 0.5) is 0 Å². The van der Waals surface area contributed by atoms with Crippen molar-refractivity contribution < 1.29 is 19.3 Å². The van der Waals surface area contributed by atoms with Gasteiger partial charge in [0.2, 0.25) is 0 Å². The fourth-order valence-electron chi connectivity index (χ4n) is 1.52. The first kappa shape index (κ1) is 18.0. The van der Waals surface area contributed by atoms with Gasteiger partial charge in [0.1, 0.15) is 5.75 Å². The van der Waals surface area contributed by atoms with E-state index in [9.17, 15) is 10.2 Å². The number of hydrogen-bond acceptors (Lipinski definition) is 7. The zero-order valence-electron chi connectivity index (χ0n) is 12.2. The Bertz CT molecular complexity index is 544. The first-order valence-electron chi connectivity index (χ1n) is 6.45. The van der Waals surface area contributed by atoms with Crippen LogP contribution in [-0.4, -0.2) is 34.6 Å². The van der Waals surface area contributed by atoms with E-state index in [1.54, 1.807) is 6.92 Å². The molecule has 21 heavy (non-hydrogen) atoms. The van der Waals surface area contributed by atoms with E-state index in [2.05, 4.69) is 15.3 Å². The Balaban J connectivity index is 2.95. The molecule has 3 N–H and O–H groups in total. The minimum atomic E-state index is -2.68. The van der Waals surface area contributed by atoms with E-state index < -0.39 is 6.64 Å². The van der Waals surface area contributed by atoms with Gasteiger partial charge in [0.15, 0.2) is 0 Å². The van der Waals surface area contributed by atoms with Crippen LogP contribution in [0.25, 0.3) is 0 Å². The summed E-state index contributed by atoms with van der Waals surface area (Å²) in [5, 5.41) is 25.9. The summed E-state index contributed by atoms with van der Waals surface area (Å²) in [4.78, 5) is 3.97. The number of rotatable bonds is 8. The van der Waals surface area contributed by atoms with Crippen molar-refractivity contribution >= 4 is 24.7 Å². The number of nitrogens with one attached hydrogen (secondary N) is 1. The van der Waals surface area contributed by atoms with Crippen molar-refractivity contribution in [2.45, 2.75) is 27.4 Å². The van der Waals surface area contributed by atoms with Gasteiger partial charge in [-0.25, -0.2) is 5.20 Å². The molecule has 0 bridgehead atoms. The summed E-state index contributed by atoms with van der Waals surface area (Å²) in [6, 6.07) is 0. The Labute approximate surface area is 129 Å². The molecule has 0 saturated heterocycles. The van der Waals surface area contributed by atoms with Gasteiger partial charge in [0.05, 0.1) is 31.7 Å². The van der Waals surface area contributed by atoms with Crippen LogP contribution in [0, 0.1) is 6.92 Å². The van der Waals surface area contributed by atoms with E-state index in [1.807, 2.05) is 13.8 Å². The number of aliphatic hydroxyl groups excluding tert-OH is 1. The van der Waals surface area contributed by atoms with Gasteiger partial charge in [-0.05, 0) is 32.6 Å². The molecule has 0 spiro atoms. The van der Waals surface area contributed by atoms with Gasteiger partial charge >= 0.3 is 6.64 Å². The highest BCUT2D eigenvalue weighted by atomic mass is 32.5. The Kier molecular flexibility index (Phi) is 7.21. The SMILES string of the molecule is CCOP(=S)(NN=Cc1c(CO)cnc(C)c1O)OCC. The number of aliphatic hydroxyl groups is 1. The predicted octanol–water partition coefficient (Wildman–Crippen LogP) is 1.81. The molecule has 0 saturated carbocycles. The lowest BCUT2D eigenvalue weighted by Crippen LogP contribution is -2.09. The molecule has 9 heteroatoms. The molecule has 0 fully saturated rings. The highest BCUT2D eigenvalue weighted by molar-refractivity contribution is 8.08. The van der Waals surface area contributed by atoms with Crippen molar-refractivity contribution in [1.82, 2.24) is 10.2 Å². The minimum Gasteiger partial charge on any atom is -0.505 e. The Morgan fingerprint density at radius 1 is 1.43 bits per heavy atom. The van der Waals surface area contributed by atoms with E-state index in [1.165, 1.54) is 12.4 Å². The van der Waals surface area contributed by atoms with Crippen LogP contribution < -0.4 is 5.20 Å². The largest absolute Gasteiger partial charge is 0.505 e. The first-order chi connectivity index (χ1) is 9.97. The van der Waals surface area contributed by atoms with E-state index in [0.29, 0.717) is 30.0 Å². The van der Waals surface area contributed by atoms with Crippen molar-refractivity contribution in [2.75, 3.05) is 13.2 Å². The van der Waals surface area contributed by atoms with Crippen molar-refractivity contribution in [2.24, 2.45) is 5.10 Å². The summed E-state index contributed by atoms with van der Waals surface area (Å²) >= 11 is 5.25. The highest BCUT2D eigenvalue weighted by Crippen LogP contribution is 2.43. The maximum absolute atomic E-state index is 9.97. The van der Waals surface area contributed by atoms with Crippen molar-refractivity contribution in [3.63, 3.8) is 0 Å². The number of aromatic hydroxyl groups is 1. The number of pyridine rings is 1. The van der Waals surface area contributed by atoms with Gasteiger partial charge in [-0.3, -0.25) is 4.98 Å². The molecule has 1 aromatic rings. The smallest absolute Gasteiger partial charge is 0.303 e. The lowest BCUT2D eigenvalue weighted by Gasteiger charge is -2.19. The zero-order chi connectivity index (χ0) is 15.9. The second kappa shape index (κ2) is 8.41. The summed E-state index contributed by atoms with van der Waals surface area (Å²) in [5.74, 6) is -0.0341. The summed E-state index contributed by atoms with van der Waals surface area (Å²) < 4.78 is 10.7. The molecule has 0 aliphatic rings. The maximum atomic E-state index is 9.97. The molecule has 0 aromatic carbocycles. The minimum absolute atomic E-state index is 0.0341. The standard InChI is InChI=1S/C12H20N3O4PS/c1-4-18-20(21,19-5-2)15-14-7-11-10(8-16)6-13-9(3)12(11)17/h6-7,16-17H,4-5,8H2,1-3H3,(H,15,21). The van der Waals surface area contributed by atoms with Gasteiger partial charge in [-0.15, -0.1) is 0 Å². The zero-order valence-corrected chi connectivity index (χ0v) is 13.9. The number of hydrazone groups is 1. The quantitative estimate of drug-likeness (QED) is 0.379. The molecule has 0 aliphatic heterocycles. The normalized spacial score (nSPS) is 12.0. The monoisotopic (exact) mass is 333 g/mol. The van der Waals surface area contributed by atoms with Crippen molar-refractivity contribution in [3.8, 4) is 5.75 Å². The lowest BCUT2D eigenvalue weighted by molar-refractivity contribution is 0.259. The third-order valence-corrected chi connectivity index (χ3v) is 4.93. The van der Waals surface area contributed by atoms with Crippen LogP contribution in [0.1, 0.15) is 30.7 Å². The molecule has 1 rings (SSSR count). The molecule has 0 unspecified atom stereocenters. The van der Waals surface area contributed by atoms with Gasteiger partial charge in [0, 0.05) is 17.3 Å². The lowest BCUT2D eigenvalue weighted by atomic mass is 10.1. The average Bonchev–Trinajstić information content (AvgIpc) is 2.44. The van der Waals surface area contributed by atoms with Gasteiger partial charge in [-0.2, -0.15) is 5.10 Å². The number of aromatic nitrogens is 1. The van der Waals surface area contributed by atoms with E-state index in [4.69, 9.17) is 20.9 Å². The third-order valence-electron chi connectivity index (χ3n) is 2.50. The second-order valence-electron chi connectivity index (χ2n) is 3.98.